The molecular weight excluding hydrogens is 254 g/mol. The zero-order valence-electron chi connectivity index (χ0n) is 11.6. The lowest BCUT2D eigenvalue weighted by molar-refractivity contribution is 0.0697. The predicted octanol–water partition coefficient (Wildman–Crippen LogP) is 2.64. The number of piperidine rings is 1. The van der Waals surface area contributed by atoms with E-state index in [1.165, 1.54) is 19.3 Å². The average Bonchev–Trinajstić information content (AvgIpc) is 2.82. The van der Waals surface area contributed by atoms with E-state index in [1.54, 1.807) is 18.2 Å². The number of nitrogens with one attached hydrogen (secondary N) is 1. The molecule has 2 N–H and O–H groups in total. The zero-order chi connectivity index (χ0) is 14.1. The van der Waals surface area contributed by atoms with E-state index < -0.39 is 5.97 Å². The van der Waals surface area contributed by atoms with Gasteiger partial charge < -0.3 is 10.1 Å². The van der Waals surface area contributed by atoms with Gasteiger partial charge in [-0.05, 0) is 44.5 Å². The smallest absolute Gasteiger partial charge is 0.335 e. The molecule has 1 aromatic heterocycles. The lowest BCUT2D eigenvalue weighted by atomic mass is 10.0. The molecule has 1 atom stereocenters. The summed E-state index contributed by atoms with van der Waals surface area (Å²) in [4.78, 5) is 21.2. The first-order chi connectivity index (χ1) is 9.63. The minimum absolute atomic E-state index is 0.291. The minimum atomic E-state index is -0.910. The molecule has 5 heteroatoms. The van der Waals surface area contributed by atoms with Crippen molar-refractivity contribution in [3.8, 4) is 0 Å². The van der Waals surface area contributed by atoms with E-state index in [1.807, 2.05) is 0 Å². The van der Waals surface area contributed by atoms with E-state index in [0.717, 1.165) is 29.9 Å². The summed E-state index contributed by atoms with van der Waals surface area (Å²) in [5.74, 6) is 0.00370. The quantitative estimate of drug-likeness (QED) is 0.902. The molecule has 0 radical (unpaired) electrons. The van der Waals surface area contributed by atoms with Gasteiger partial charge in [-0.25, -0.2) is 9.78 Å². The van der Waals surface area contributed by atoms with Crippen LogP contribution >= 0.6 is 0 Å². The Morgan fingerprint density at radius 3 is 3.10 bits per heavy atom. The monoisotopic (exact) mass is 273 g/mol. The van der Waals surface area contributed by atoms with Gasteiger partial charge in [0.15, 0.2) is 0 Å². The van der Waals surface area contributed by atoms with Crippen molar-refractivity contribution in [3.63, 3.8) is 0 Å². The van der Waals surface area contributed by atoms with E-state index in [-0.39, 0.29) is 0 Å². The number of nitrogens with zero attached hydrogens (tertiary/aromatic N) is 2. The molecule has 0 unspecified atom stereocenters. The number of aromatic carboxylic acids is 1. The number of imidazole rings is 1. The molecule has 1 aromatic carbocycles. The molecular formula is C15H19N3O2. The molecule has 0 saturated carbocycles. The third-order valence-electron chi connectivity index (χ3n) is 4.07. The fourth-order valence-corrected chi connectivity index (χ4v) is 2.86. The van der Waals surface area contributed by atoms with Gasteiger partial charge in [-0.1, -0.05) is 6.42 Å². The van der Waals surface area contributed by atoms with Gasteiger partial charge in [0, 0.05) is 6.04 Å². The number of carboxylic acid groups (broad SMARTS) is 1. The maximum atomic E-state index is 11.0. The van der Waals surface area contributed by atoms with Crippen molar-refractivity contribution in [2.45, 2.75) is 38.8 Å². The van der Waals surface area contributed by atoms with Crippen LogP contribution in [0.3, 0.4) is 0 Å². The molecule has 1 aliphatic heterocycles. The molecule has 20 heavy (non-hydrogen) atoms. The molecule has 1 saturated heterocycles. The molecule has 0 spiro atoms. The summed E-state index contributed by atoms with van der Waals surface area (Å²) in [5.41, 5.74) is 1.92. The van der Waals surface area contributed by atoms with Gasteiger partial charge >= 0.3 is 5.97 Å². The Hall–Kier alpha value is -1.88. The fraction of sp³-hybridized carbons (Fsp3) is 0.467. The van der Waals surface area contributed by atoms with Gasteiger partial charge in [0.05, 0.1) is 23.1 Å². The van der Waals surface area contributed by atoms with Crippen LogP contribution in [0, 0.1) is 0 Å². The second kappa shape index (κ2) is 5.25. The van der Waals surface area contributed by atoms with Crippen LogP contribution < -0.4 is 0 Å². The standard InChI is InChI=1S/C15H19N3O2/c1-10-4-2-3-7-18(10)9-14-16-12-6-5-11(15(19)20)8-13(12)17-14/h5-6,8,10H,2-4,7,9H2,1H3,(H,16,17)(H,19,20)/t10-/m1/s1. The molecule has 1 aliphatic rings. The van der Waals surface area contributed by atoms with Crippen LogP contribution in [0.15, 0.2) is 18.2 Å². The van der Waals surface area contributed by atoms with Crippen molar-refractivity contribution >= 4 is 17.0 Å². The predicted molar refractivity (Wildman–Crippen MR) is 76.8 cm³/mol. The first kappa shape index (κ1) is 13.1. The number of likely N-dealkylation sites (tertiary alicyclic amines) is 1. The Balaban J connectivity index is 1.83. The molecule has 5 nitrogen and oxygen atoms in total. The number of carboxylic acids is 1. The Bertz CT molecular complexity index is 635. The van der Waals surface area contributed by atoms with Crippen LogP contribution in [0.1, 0.15) is 42.4 Å². The maximum absolute atomic E-state index is 11.0. The Morgan fingerprint density at radius 1 is 1.50 bits per heavy atom. The minimum Gasteiger partial charge on any atom is -0.478 e. The lowest BCUT2D eigenvalue weighted by Gasteiger charge is -2.32. The summed E-state index contributed by atoms with van der Waals surface area (Å²) in [6.45, 7) is 4.17. The normalized spacial score (nSPS) is 20.4. The Kier molecular flexibility index (Phi) is 3.44. The molecule has 0 bridgehead atoms. The second-order valence-corrected chi connectivity index (χ2v) is 5.54. The molecule has 2 aromatic rings. The van der Waals surface area contributed by atoms with E-state index in [4.69, 9.17) is 5.11 Å². The zero-order valence-corrected chi connectivity index (χ0v) is 11.6. The van der Waals surface area contributed by atoms with Gasteiger partial charge in [0.1, 0.15) is 5.82 Å². The summed E-state index contributed by atoms with van der Waals surface area (Å²) in [6, 6.07) is 5.59. The maximum Gasteiger partial charge on any atom is 0.335 e. The van der Waals surface area contributed by atoms with E-state index >= 15 is 0 Å². The van der Waals surface area contributed by atoms with E-state index in [0.29, 0.717) is 11.6 Å². The van der Waals surface area contributed by atoms with Crippen molar-refractivity contribution in [3.05, 3.63) is 29.6 Å². The Labute approximate surface area is 117 Å². The fourth-order valence-electron chi connectivity index (χ4n) is 2.86. The van der Waals surface area contributed by atoms with Gasteiger partial charge in [-0.3, -0.25) is 4.90 Å². The molecule has 0 amide bonds. The molecule has 0 aliphatic carbocycles. The SMILES string of the molecule is C[C@@H]1CCCCN1Cc1nc2ccc(C(=O)O)cc2[nH]1. The number of hydrogen-bond acceptors (Lipinski definition) is 3. The highest BCUT2D eigenvalue weighted by Crippen LogP contribution is 2.20. The molecule has 3 rings (SSSR count). The topological polar surface area (TPSA) is 69.2 Å². The highest BCUT2D eigenvalue weighted by Gasteiger charge is 2.19. The summed E-state index contributed by atoms with van der Waals surface area (Å²) in [7, 11) is 0. The summed E-state index contributed by atoms with van der Waals surface area (Å²) in [6.07, 6.45) is 3.79. The number of H-pyrrole nitrogens is 1. The van der Waals surface area contributed by atoms with Crippen molar-refractivity contribution in [1.82, 2.24) is 14.9 Å². The number of hydrogen-bond donors (Lipinski definition) is 2. The number of carbonyl (C=O) groups is 1. The number of fused-ring (bicyclic) bond motifs is 1. The first-order valence-electron chi connectivity index (χ1n) is 7.09. The largest absolute Gasteiger partial charge is 0.478 e. The Morgan fingerprint density at radius 2 is 2.35 bits per heavy atom. The van der Waals surface area contributed by atoms with Crippen LogP contribution in [0.2, 0.25) is 0 Å². The van der Waals surface area contributed by atoms with Gasteiger partial charge in [0.25, 0.3) is 0 Å². The van der Waals surface area contributed by atoms with Crippen LogP contribution in [0.5, 0.6) is 0 Å². The number of aromatic amines is 1. The van der Waals surface area contributed by atoms with Crippen molar-refractivity contribution in [1.29, 1.82) is 0 Å². The van der Waals surface area contributed by atoms with Gasteiger partial charge in [-0.2, -0.15) is 0 Å². The second-order valence-electron chi connectivity index (χ2n) is 5.54. The number of rotatable bonds is 3. The van der Waals surface area contributed by atoms with Crippen LogP contribution in [-0.4, -0.2) is 38.5 Å². The third-order valence-corrected chi connectivity index (χ3v) is 4.07. The third kappa shape index (κ3) is 2.54. The van der Waals surface area contributed by atoms with Crippen molar-refractivity contribution in [2.75, 3.05) is 6.54 Å². The lowest BCUT2D eigenvalue weighted by Crippen LogP contribution is -2.37. The highest BCUT2D eigenvalue weighted by molar-refractivity contribution is 5.92. The van der Waals surface area contributed by atoms with Crippen LogP contribution in [0.4, 0.5) is 0 Å². The van der Waals surface area contributed by atoms with Crippen LogP contribution in [0.25, 0.3) is 11.0 Å². The summed E-state index contributed by atoms with van der Waals surface area (Å²) in [5, 5.41) is 9.00. The van der Waals surface area contributed by atoms with Gasteiger partial charge in [-0.15, -0.1) is 0 Å². The molecule has 106 valence electrons. The van der Waals surface area contributed by atoms with E-state index in [9.17, 15) is 4.79 Å². The number of benzene rings is 1. The molecule has 2 heterocycles. The molecule has 1 fully saturated rings. The first-order valence-corrected chi connectivity index (χ1v) is 7.09. The number of aromatic nitrogens is 2. The summed E-state index contributed by atoms with van der Waals surface area (Å²) < 4.78 is 0. The van der Waals surface area contributed by atoms with Crippen molar-refractivity contribution < 1.29 is 9.90 Å². The van der Waals surface area contributed by atoms with Gasteiger partial charge in [0.2, 0.25) is 0 Å². The van der Waals surface area contributed by atoms with Crippen LogP contribution in [-0.2, 0) is 6.54 Å². The average molecular weight is 273 g/mol. The van der Waals surface area contributed by atoms with Crippen molar-refractivity contribution in [2.24, 2.45) is 0 Å². The summed E-state index contributed by atoms with van der Waals surface area (Å²) >= 11 is 0. The highest BCUT2D eigenvalue weighted by atomic mass is 16.4. The van der Waals surface area contributed by atoms with E-state index in [2.05, 4.69) is 21.8 Å².